The fourth-order valence-electron chi connectivity index (χ4n) is 4.37. The Morgan fingerprint density at radius 2 is 1.07 bits per heavy atom. The number of rotatable bonds is 2. The number of alkyl halides is 6. The van der Waals surface area contributed by atoms with E-state index in [1.807, 2.05) is 0 Å². The number of aromatic nitrogens is 2. The fourth-order valence-corrected chi connectivity index (χ4v) is 4.37. The summed E-state index contributed by atoms with van der Waals surface area (Å²) in [5.74, 6) is 0. The topological polar surface area (TPSA) is 90.1 Å². The van der Waals surface area contributed by atoms with E-state index >= 15 is 0 Å². The van der Waals surface area contributed by atoms with Crippen LogP contribution in [-0.2, 0) is 12.4 Å². The maximum atomic E-state index is 13.2. The second-order valence-corrected chi connectivity index (χ2v) is 8.48. The SMILES string of the molecule is [C-]#[N+]N=C1c2cc(-c3ccc(C(F)(F)F)cc3)c(-c3ccc(C(F)(F)F)cc3)cc2-c2nc(C#N)c(C#N)nc21. The number of nitrogens with zero attached hydrogens (tertiary/aromatic N) is 6. The molecule has 5 rings (SSSR count). The third-order valence-corrected chi connectivity index (χ3v) is 6.20. The van der Waals surface area contributed by atoms with Crippen LogP contribution in [0.15, 0.2) is 65.8 Å². The Morgan fingerprint density at radius 1 is 0.650 bits per heavy atom. The molecule has 0 saturated heterocycles. The van der Waals surface area contributed by atoms with Crippen LogP contribution in [0.1, 0.15) is 33.8 Å². The van der Waals surface area contributed by atoms with E-state index in [-0.39, 0.29) is 28.5 Å². The summed E-state index contributed by atoms with van der Waals surface area (Å²) >= 11 is 0. The molecule has 0 N–H and O–H groups in total. The van der Waals surface area contributed by atoms with Crippen LogP contribution < -0.4 is 0 Å². The van der Waals surface area contributed by atoms with Crippen LogP contribution in [0.5, 0.6) is 0 Å². The standard InChI is InChI=1S/C28H10F6N6/c1-37-40-25-21-11-19(15-4-8-17(9-5-15)28(32,33)34)18(14-2-6-16(7-3-14)27(29,30)31)10-20(21)24-26(25)39-23(13-36)22(12-35)38-24/h2-11H. The molecular weight excluding hydrogens is 534 g/mol. The molecular formula is C28H10F6N6. The minimum Gasteiger partial charge on any atom is -0.232 e. The van der Waals surface area contributed by atoms with Crippen molar-refractivity contribution in [1.29, 1.82) is 10.5 Å². The Hall–Kier alpha value is -5.54. The molecule has 6 nitrogen and oxygen atoms in total. The lowest BCUT2D eigenvalue weighted by Crippen LogP contribution is -2.05. The third-order valence-electron chi connectivity index (χ3n) is 6.20. The van der Waals surface area contributed by atoms with Crippen molar-refractivity contribution in [3.05, 3.63) is 106 Å². The number of fused-ring (bicyclic) bond motifs is 3. The largest absolute Gasteiger partial charge is 0.416 e. The minimum absolute atomic E-state index is 0.0284. The molecule has 0 bridgehead atoms. The Kier molecular flexibility index (Phi) is 6.09. The summed E-state index contributed by atoms with van der Waals surface area (Å²) in [6.45, 7) is 7.25. The van der Waals surface area contributed by atoms with Gasteiger partial charge >= 0.3 is 12.4 Å². The van der Waals surface area contributed by atoms with Crippen LogP contribution in [0.25, 0.3) is 38.5 Å². The third kappa shape index (κ3) is 4.40. The monoisotopic (exact) mass is 544 g/mol. The van der Waals surface area contributed by atoms with Gasteiger partial charge in [0.1, 0.15) is 23.5 Å². The van der Waals surface area contributed by atoms with E-state index in [0.29, 0.717) is 33.4 Å². The van der Waals surface area contributed by atoms with Gasteiger partial charge in [-0.05, 0) is 58.7 Å². The Balaban J connectivity index is 1.80. The zero-order valence-corrected chi connectivity index (χ0v) is 19.7. The second-order valence-electron chi connectivity index (χ2n) is 8.48. The molecule has 0 atom stereocenters. The Labute approximate surface area is 221 Å². The summed E-state index contributed by atoms with van der Waals surface area (Å²) in [6.07, 6.45) is -9.17. The van der Waals surface area contributed by atoms with Gasteiger partial charge in [0.05, 0.1) is 16.2 Å². The van der Waals surface area contributed by atoms with Gasteiger partial charge in [-0.15, -0.1) is 4.95 Å². The molecule has 0 fully saturated rings. The highest BCUT2D eigenvalue weighted by molar-refractivity contribution is 6.24. The molecule has 4 aromatic rings. The number of halogens is 6. The van der Waals surface area contributed by atoms with Crippen LogP contribution in [0.4, 0.5) is 26.3 Å². The van der Waals surface area contributed by atoms with Crippen molar-refractivity contribution in [3.63, 3.8) is 0 Å². The predicted molar refractivity (Wildman–Crippen MR) is 130 cm³/mol. The molecule has 1 aliphatic rings. The van der Waals surface area contributed by atoms with Crippen molar-refractivity contribution in [2.75, 3.05) is 0 Å². The van der Waals surface area contributed by atoms with Crippen LogP contribution in [0.2, 0.25) is 0 Å². The molecule has 0 amide bonds. The number of nitriles is 2. The van der Waals surface area contributed by atoms with Gasteiger partial charge in [-0.2, -0.15) is 43.4 Å². The lowest BCUT2D eigenvalue weighted by molar-refractivity contribution is -0.138. The van der Waals surface area contributed by atoms with E-state index in [1.54, 1.807) is 12.1 Å². The first-order valence-corrected chi connectivity index (χ1v) is 11.2. The van der Waals surface area contributed by atoms with Gasteiger partial charge in [-0.25, -0.2) is 9.97 Å². The van der Waals surface area contributed by atoms with Gasteiger partial charge in [-0.1, -0.05) is 24.3 Å². The first kappa shape index (κ1) is 26.1. The van der Waals surface area contributed by atoms with E-state index < -0.39 is 23.5 Å². The molecule has 3 aromatic carbocycles. The normalized spacial score (nSPS) is 13.2. The van der Waals surface area contributed by atoms with E-state index in [9.17, 15) is 36.9 Å². The van der Waals surface area contributed by atoms with Gasteiger partial charge in [0.2, 0.25) is 0 Å². The molecule has 12 heteroatoms. The number of hydrogen-bond acceptors (Lipinski definition) is 5. The maximum Gasteiger partial charge on any atom is 0.416 e. The number of benzene rings is 3. The van der Waals surface area contributed by atoms with E-state index in [0.717, 1.165) is 24.3 Å². The number of hydrogen-bond donors (Lipinski definition) is 0. The lowest BCUT2D eigenvalue weighted by Gasteiger charge is -2.15. The van der Waals surface area contributed by atoms with Crippen LogP contribution in [0.3, 0.4) is 0 Å². The summed E-state index contributed by atoms with van der Waals surface area (Å²) in [5, 5.41) is 22.6. The van der Waals surface area contributed by atoms with Crippen LogP contribution in [-0.4, -0.2) is 15.7 Å². The van der Waals surface area contributed by atoms with Crippen LogP contribution >= 0.6 is 0 Å². The first-order valence-electron chi connectivity index (χ1n) is 11.2. The zero-order valence-electron chi connectivity index (χ0n) is 19.7. The molecule has 0 radical (unpaired) electrons. The van der Waals surface area contributed by atoms with Crippen molar-refractivity contribution in [2.45, 2.75) is 12.4 Å². The van der Waals surface area contributed by atoms with E-state index in [2.05, 4.69) is 20.0 Å². The smallest absolute Gasteiger partial charge is 0.232 e. The van der Waals surface area contributed by atoms with E-state index in [4.69, 9.17) is 6.57 Å². The molecule has 1 aliphatic carbocycles. The first-order chi connectivity index (χ1) is 19.0. The average molecular weight is 544 g/mol. The van der Waals surface area contributed by atoms with Crippen molar-refractivity contribution < 1.29 is 26.3 Å². The quantitative estimate of drug-likeness (QED) is 0.133. The van der Waals surface area contributed by atoms with Gasteiger partial charge < -0.3 is 0 Å². The van der Waals surface area contributed by atoms with E-state index in [1.165, 1.54) is 36.4 Å². The maximum absolute atomic E-state index is 13.2. The minimum atomic E-state index is -4.59. The average Bonchev–Trinajstić information content (AvgIpc) is 3.22. The van der Waals surface area contributed by atoms with Gasteiger partial charge in [-0.3, -0.25) is 0 Å². The highest BCUT2D eigenvalue weighted by atomic mass is 19.4. The molecule has 1 heterocycles. The second kappa shape index (κ2) is 9.33. The highest BCUT2D eigenvalue weighted by Gasteiger charge is 2.35. The molecule has 0 unspecified atom stereocenters. The van der Waals surface area contributed by atoms with Gasteiger partial charge in [0, 0.05) is 11.1 Å². The van der Waals surface area contributed by atoms with Gasteiger partial charge in [0.15, 0.2) is 17.1 Å². The molecule has 1 aromatic heterocycles. The molecule has 0 saturated carbocycles. The highest BCUT2D eigenvalue weighted by Crippen LogP contribution is 2.44. The molecule has 0 spiro atoms. The lowest BCUT2D eigenvalue weighted by atomic mass is 9.89. The Morgan fingerprint density at radius 3 is 1.48 bits per heavy atom. The predicted octanol–water partition coefficient (Wildman–Crippen LogP) is 7.24. The summed E-state index contributed by atoms with van der Waals surface area (Å²) < 4.78 is 79.2. The van der Waals surface area contributed by atoms with Crippen LogP contribution in [0, 0.1) is 29.2 Å². The summed E-state index contributed by atoms with van der Waals surface area (Å²) in [6, 6.07) is 15.0. The van der Waals surface area contributed by atoms with Crippen molar-refractivity contribution >= 4 is 5.71 Å². The fraction of sp³-hybridized carbons (Fsp3) is 0.0714. The molecule has 0 aliphatic heterocycles. The summed E-state index contributed by atoms with van der Waals surface area (Å²) in [5.41, 5.74) is -0.235. The summed E-state index contributed by atoms with van der Waals surface area (Å²) in [7, 11) is 0. The Bertz CT molecular complexity index is 1830. The van der Waals surface area contributed by atoms with Crippen molar-refractivity contribution in [1.82, 2.24) is 9.97 Å². The molecule has 194 valence electrons. The zero-order chi connectivity index (χ0) is 28.8. The summed E-state index contributed by atoms with van der Waals surface area (Å²) in [4.78, 5) is 11.5. The van der Waals surface area contributed by atoms with Crippen molar-refractivity contribution in [2.24, 2.45) is 5.10 Å². The molecule has 40 heavy (non-hydrogen) atoms. The van der Waals surface area contributed by atoms with Gasteiger partial charge in [0.25, 0.3) is 0 Å². The van der Waals surface area contributed by atoms with Crippen molar-refractivity contribution in [3.8, 4) is 45.6 Å².